The summed E-state index contributed by atoms with van der Waals surface area (Å²) >= 11 is 0. The van der Waals surface area contributed by atoms with E-state index in [-0.39, 0.29) is 3.70 Å². The molecule has 0 N–H and O–H groups in total. The van der Waals surface area contributed by atoms with E-state index in [0.717, 1.165) is 6.42 Å². The smallest absolute Gasteiger partial charge is 0.372 e. The van der Waals surface area contributed by atoms with Crippen molar-refractivity contribution in [3.8, 4) is 0 Å². The topological polar surface area (TPSA) is 27.7 Å². The molecule has 8 heteroatoms. The largest absolute Gasteiger partial charge is 0.530 e. The maximum Gasteiger partial charge on any atom is 0.530 e. The van der Waals surface area contributed by atoms with Crippen LogP contribution in [-0.4, -0.2) is 32.3 Å². The summed E-state index contributed by atoms with van der Waals surface area (Å²) in [5.41, 5.74) is 0. The molecule has 17 heavy (non-hydrogen) atoms. The van der Waals surface area contributed by atoms with Gasteiger partial charge in [0, 0.05) is 19.8 Å². The highest BCUT2D eigenvalue weighted by Gasteiger charge is 2.64. The first-order valence-corrected chi connectivity index (χ1v) is 12.4. The molecule has 1 fully saturated rings. The fraction of sp³-hybridized carbons (Fsp3) is 1.00. The Bertz CT molecular complexity index is 209. The molecule has 0 aromatic carbocycles. The van der Waals surface area contributed by atoms with Crippen molar-refractivity contribution < 1.29 is 13.3 Å². The zero-order chi connectivity index (χ0) is 12.8. The molecule has 1 saturated heterocycles. The number of rotatable bonds is 8. The molecular formula is C9H20O3S4Si. The van der Waals surface area contributed by atoms with Gasteiger partial charge >= 0.3 is 8.80 Å². The molecule has 1 aliphatic rings. The highest BCUT2D eigenvalue weighted by molar-refractivity contribution is 9.31. The van der Waals surface area contributed by atoms with E-state index < -0.39 is 8.80 Å². The van der Waals surface area contributed by atoms with Crippen molar-refractivity contribution in [2.75, 3.05) is 19.8 Å². The predicted octanol–water partition coefficient (Wildman–Crippen LogP) is 4.37. The van der Waals surface area contributed by atoms with Gasteiger partial charge in [-0.25, -0.2) is 0 Å². The van der Waals surface area contributed by atoms with E-state index in [1.807, 2.05) is 42.4 Å². The van der Waals surface area contributed by atoms with E-state index in [0.29, 0.717) is 19.8 Å². The van der Waals surface area contributed by atoms with E-state index in [4.69, 9.17) is 13.3 Å². The predicted molar refractivity (Wildman–Crippen MR) is 84.0 cm³/mol. The molecule has 0 amide bonds. The third-order valence-corrected chi connectivity index (χ3v) is 16.5. The van der Waals surface area contributed by atoms with Gasteiger partial charge in [-0.1, -0.05) is 28.5 Å². The van der Waals surface area contributed by atoms with Crippen molar-refractivity contribution >= 4 is 50.0 Å². The summed E-state index contributed by atoms with van der Waals surface area (Å²) in [6.07, 6.45) is 0.995. The second-order valence-corrected chi connectivity index (χ2v) is 13.3. The van der Waals surface area contributed by atoms with Crippen LogP contribution in [0.2, 0.25) is 0 Å². The Morgan fingerprint density at radius 3 is 1.53 bits per heavy atom. The fourth-order valence-corrected chi connectivity index (χ4v) is 18.3. The van der Waals surface area contributed by atoms with Gasteiger partial charge in [-0.3, -0.25) is 0 Å². The van der Waals surface area contributed by atoms with Gasteiger partial charge in [-0.15, -0.1) is 0 Å². The van der Waals surface area contributed by atoms with E-state index >= 15 is 0 Å². The second kappa shape index (κ2) is 7.93. The molecule has 0 spiro atoms. The van der Waals surface area contributed by atoms with Gasteiger partial charge in [0.2, 0.25) is 0 Å². The van der Waals surface area contributed by atoms with Crippen molar-refractivity contribution in [1.29, 1.82) is 0 Å². The van der Waals surface area contributed by atoms with Gasteiger partial charge in [0.25, 0.3) is 0 Å². The quantitative estimate of drug-likeness (QED) is 0.481. The Balaban J connectivity index is 2.98. The summed E-state index contributed by atoms with van der Waals surface area (Å²) in [6.45, 7) is 10.1. The van der Waals surface area contributed by atoms with E-state index in [1.54, 1.807) is 19.7 Å². The van der Waals surface area contributed by atoms with Crippen LogP contribution in [0.1, 0.15) is 34.1 Å². The molecular weight excluding hydrogens is 312 g/mol. The van der Waals surface area contributed by atoms with Gasteiger partial charge in [0.1, 0.15) is 0 Å². The fourth-order valence-electron chi connectivity index (χ4n) is 1.61. The zero-order valence-electron chi connectivity index (χ0n) is 10.7. The van der Waals surface area contributed by atoms with Gasteiger partial charge < -0.3 is 13.3 Å². The normalized spacial score (nSPS) is 19.8. The minimum atomic E-state index is -2.63. The maximum absolute atomic E-state index is 6.01. The summed E-state index contributed by atoms with van der Waals surface area (Å²) in [5, 5.41) is 0. The molecule has 1 aliphatic heterocycles. The lowest BCUT2D eigenvalue weighted by molar-refractivity contribution is 0.0665. The Morgan fingerprint density at radius 1 is 0.824 bits per heavy atom. The lowest BCUT2D eigenvalue weighted by Gasteiger charge is -2.39. The monoisotopic (exact) mass is 332 g/mol. The minimum absolute atomic E-state index is 0.0651. The van der Waals surface area contributed by atoms with Crippen LogP contribution < -0.4 is 0 Å². The lowest BCUT2D eigenvalue weighted by atomic mass is 10.6. The van der Waals surface area contributed by atoms with Gasteiger partial charge in [0.05, 0.1) is 0 Å². The van der Waals surface area contributed by atoms with E-state index in [2.05, 4.69) is 6.92 Å². The van der Waals surface area contributed by atoms with Crippen molar-refractivity contribution in [3.05, 3.63) is 0 Å². The summed E-state index contributed by atoms with van der Waals surface area (Å²) in [4.78, 5) is 0. The first-order valence-electron chi connectivity index (χ1n) is 5.82. The van der Waals surface area contributed by atoms with Gasteiger partial charge in [-0.05, 0) is 46.8 Å². The summed E-state index contributed by atoms with van der Waals surface area (Å²) in [5.74, 6) is 0. The van der Waals surface area contributed by atoms with E-state index in [9.17, 15) is 0 Å². The summed E-state index contributed by atoms with van der Waals surface area (Å²) in [7, 11) is 4.67. The average Bonchev–Trinajstić information content (AvgIpc) is 2.80. The van der Waals surface area contributed by atoms with Crippen LogP contribution in [0.25, 0.3) is 0 Å². The van der Waals surface area contributed by atoms with Crippen LogP contribution in [0, 0.1) is 0 Å². The van der Waals surface area contributed by atoms with Crippen molar-refractivity contribution in [2.45, 2.75) is 37.8 Å². The average molecular weight is 333 g/mol. The number of hydrogen-bond donors (Lipinski definition) is 0. The molecule has 0 unspecified atom stereocenters. The van der Waals surface area contributed by atoms with Crippen LogP contribution >= 0.6 is 41.2 Å². The summed E-state index contributed by atoms with van der Waals surface area (Å²) < 4.78 is 18.0. The molecule has 0 radical (unpaired) electrons. The molecule has 0 aliphatic carbocycles. The summed E-state index contributed by atoms with van der Waals surface area (Å²) in [6, 6.07) is 0. The molecule has 102 valence electrons. The molecule has 0 aromatic heterocycles. The molecule has 0 saturated carbocycles. The highest BCUT2D eigenvalue weighted by Crippen LogP contribution is 2.69. The SMILES string of the molecule is CCO[Si](OCC)(OCC)C1(CC)SSSS1. The van der Waals surface area contributed by atoms with Crippen molar-refractivity contribution in [3.63, 3.8) is 0 Å². The van der Waals surface area contributed by atoms with Crippen molar-refractivity contribution in [2.24, 2.45) is 0 Å². The highest BCUT2D eigenvalue weighted by atomic mass is 33.7. The lowest BCUT2D eigenvalue weighted by Crippen LogP contribution is -2.60. The molecule has 1 heterocycles. The minimum Gasteiger partial charge on any atom is -0.372 e. The van der Waals surface area contributed by atoms with Crippen LogP contribution in [0.15, 0.2) is 0 Å². The van der Waals surface area contributed by atoms with Gasteiger partial charge in [-0.2, -0.15) is 0 Å². The Kier molecular flexibility index (Phi) is 7.73. The standard InChI is InChI=1S/C9H20O3S4Si/c1-5-9(13-15-16-14-9)17(10-6-2,11-7-3)12-8-4/h5-8H2,1-4H3. The molecule has 0 atom stereocenters. The van der Waals surface area contributed by atoms with Crippen LogP contribution in [0.5, 0.6) is 0 Å². The Morgan fingerprint density at radius 2 is 1.24 bits per heavy atom. The van der Waals surface area contributed by atoms with Gasteiger partial charge in [0.15, 0.2) is 3.70 Å². The second-order valence-electron chi connectivity index (χ2n) is 3.26. The Hall–Kier alpha value is 1.50. The molecule has 0 bridgehead atoms. The maximum atomic E-state index is 6.01. The molecule has 3 nitrogen and oxygen atoms in total. The first-order chi connectivity index (χ1) is 8.20. The third-order valence-electron chi connectivity index (χ3n) is 2.30. The van der Waals surface area contributed by atoms with Crippen LogP contribution in [-0.2, 0) is 13.3 Å². The zero-order valence-corrected chi connectivity index (χ0v) is 15.0. The third kappa shape index (κ3) is 3.53. The molecule has 0 aromatic rings. The van der Waals surface area contributed by atoms with Crippen molar-refractivity contribution in [1.82, 2.24) is 0 Å². The van der Waals surface area contributed by atoms with E-state index in [1.165, 1.54) is 0 Å². The number of hydrogen-bond acceptors (Lipinski definition) is 7. The molecule has 1 rings (SSSR count). The van der Waals surface area contributed by atoms with Crippen LogP contribution in [0.3, 0.4) is 0 Å². The van der Waals surface area contributed by atoms with Crippen LogP contribution in [0.4, 0.5) is 0 Å². The Labute approximate surface area is 120 Å². The first kappa shape index (κ1) is 16.6.